The summed E-state index contributed by atoms with van der Waals surface area (Å²) in [6.45, 7) is 1.98. The van der Waals surface area contributed by atoms with E-state index in [1.807, 2.05) is 25.1 Å². The Hall–Kier alpha value is -2.50. The Morgan fingerprint density at radius 1 is 1.22 bits per heavy atom. The van der Waals surface area contributed by atoms with Crippen molar-refractivity contribution >= 4 is 23.5 Å². The van der Waals surface area contributed by atoms with Crippen LogP contribution in [-0.2, 0) is 0 Å². The van der Waals surface area contributed by atoms with Crippen molar-refractivity contribution in [3.63, 3.8) is 0 Å². The SMILES string of the molecule is Cc1ccc2c(c1)C1=NC3N=CN=[N+]3N=C1C2=O. The van der Waals surface area contributed by atoms with Crippen LogP contribution >= 0.6 is 0 Å². The molecule has 1 aromatic rings. The molecule has 0 aromatic heterocycles. The molecule has 0 radical (unpaired) electrons. The monoisotopic (exact) mass is 238 g/mol. The standard InChI is InChI=1S/C12H8N5O/c1-6-2-3-7-8(4-6)9-10(11(7)18)16-17-12(15-9)13-5-14-17/h2-5,12H,1H3/q+1. The molecule has 0 fully saturated rings. The second-order valence-electron chi connectivity index (χ2n) is 4.35. The minimum absolute atomic E-state index is 0.0932. The summed E-state index contributed by atoms with van der Waals surface area (Å²) in [7, 11) is 0. The van der Waals surface area contributed by atoms with Gasteiger partial charge < -0.3 is 0 Å². The number of aliphatic imine (C=N–C) groups is 2. The lowest BCUT2D eigenvalue weighted by molar-refractivity contribution is -0.620. The van der Waals surface area contributed by atoms with Gasteiger partial charge in [0.05, 0.1) is 4.81 Å². The van der Waals surface area contributed by atoms with Crippen molar-refractivity contribution < 1.29 is 9.60 Å². The van der Waals surface area contributed by atoms with E-state index in [-0.39, 0.29) is 5.78 Å². The predicted octanol–water partition coefficient (Wildman–Crippen LogP) is 1.14. The number of carbonyl (C=O) groups is 1. The lowest BCUT2D eigenvalue weighted by Gasteiger charge is -2.04. The molecule has 1 atom stereocenters. The smallest absolute Gasteiger partial charge is 0.286 e. The van der Waals surface area contributed by atoms with Crippen LogP contribution in [0.5, 0.6) is 0 Å². The van der Waals surface area contributed by atoms with Crippen LogP contribution in [0.25, 0.3) is 0 Å². The molecule has 6 nitrogen and oxygen atoms in total. The van der Waals surface area contributed by atoms with Crippen LogP contribution < -0.4 is 0 Å². The number of hydrazone groups is 1. The molecule has 2 aliphatic heterocycles. The Morgan fingerprint density at radius 3 is 3.00 bits per heavy atom. The van der Waals surface area contributed by atoms with Gasteiger partial charge in [0.25, 0.3) is 0 Å². The number of Topliss-reactive ketones (excluding diaryl/α,β-unsaturated/α-hetero) is 1. The summed E-state index contributed by atoms with van der Waals surface area (Å²) < 4.78 is 0. The highest BCUT2D eigenvalue weighted by Gasteiger charge is 2.42. The molecular weight excluding hydrogens is 230 g/mol. The zero-order valence-corrected chi connectivity index (χ0v) is 9.53. The van der Waals surface area contributed by atoms with Crippen LogP contribution in [0.1, 0.15) is 21.5 Å². The highest BCUT2D eigenvalue weighted by Crippen LogP contribution is 2.26. The van der Waals surface area contributed by atoms with Crippen LogP contribution in [0.2, 0.25) is 0 Å². The number of nitrogens with zero attached hydrogens (tertiary/aromatic N) is 5. The summed E-state index contributed by atoms with van der Waals surface area (Å²) in [5.41, 5.74) is 3.59. The lowest BCUT2D eigenvalue weighted by atomic mass is 10.1. The number of azo groups is 1. The quantitative estimate of drug-likeness (QED) is 0.625. The molecule has 0 saturated carbocycles. The van der Waals surface area contributed by atoms with Crippen molar-refractivity contribution in [1.82, 2.24) is 0 Å². The first-order valence-electron chi connectivity index (χ1n) is 5.58. The number of rotatable bonds is 0. The molecule has 0 spiro atoms. The molecule has 1 unspecified atom stereocenters. The van der Waals surface area contributed by atoms with Gasteiger partial charge in [-0.1, -0.05) is 17.7 Å². The van der Waals surface area contributed by atoms with Gasteiger partial charge in [-0.05, 0) is 13.0 Å². The van der Waals surface area contributed by atoms with E-state index in [0.29, 0.717) is 17.0 Å². The summed E-state index contributed by atoms with van der Waals surface area (Å²) in [5.74, 6) is -0.0932. The molecule has 0 amide bonds. The summed E-state index contributed by atoms with van der Waals surface area (Å²) in [5, 5.41) is 8.14. The van der Waals surface area contributed by atoms with Crippen LogP contribution in [0.15, 0.2) is 38.4 Å². The third-order valence-electron chi connectivity index (χ3n) is 3.14. The van der Waals surface area contributed by atoms with E-state index in [0.717, 1.165) is 11.1 Å². The number of benzene rings is 1. The number of aryl methyl sites for hydroxylation is 1. The second kappa shape index (κ2) is 3.04. The maximum Gasteiger partial charge on any atom is 0.404 e. The first-order valence-corrected chi connectivity index (χ1v) is 5.58. The normalized spacial score (nSPS) is 23.1. The van der Waals surface area contributed by atoms with Crippen molar-refractivity contribution in [3.8, 4) is 0 Å². The maximum absolute atomic E-state index is 12.2. The van der Waals surface area contributed by atoms with Crippen LogP contribution in [0.4, 0.5) is 0 Å². The fourth-order valence-electron chi connectivity index (χ4n) is 2.28. The molecule has 0 bridgehead atoms. The van der Waals surface area contributed by atoms with Crippen molar-refractivity contribution in [2.24, 2.45) is 20.2 Å². The van der Waals surface area contributed by atoms with E-state index in [4.69, 9.17) is 0 Å². The van der Waals surface area contributed by atoms with Crippen molar-refractivity contribution in [3.05, 3.63) is 34.9 Å². The minimum atomic E-state index is -0.456. The maximum atomic E-state index is 12.2. The zero-order valence-electron chi connectivity index (χ0n) is 9.53. The molecule has 6 heteroatoms. The molecule has 18 heavy (non-hydrogen) atoms. The highest BCUT2D eigenvalue weighted by atomic mass is 16.1. The lowest BCUT2D eigenvalue weighted by Crippen LogP contribution is -2.28. The topological polar surface area (TPSA) is 69.5 Å². The predicted molar refractivity (Wildman–Crippen MR) is 64.4 cm³/mol. The molecule has 3 aliphatic rings. The average Bonchev–Trinajstić information content (AvgIpc) is 2.92. The number of ketones is 1. The van der Waals surface area contributed by atoms with E-state index in [1.54, 1.807) is 0 Å². The van der Waals surface area contributed by atoms with Gasteiger partial charge in [-0.3, -0.25) is 4.79 Å². The molecule has 1 aliphatic carbocycles. The molecule has 0 saturated heterocycles. The van der Waals surface area contributed by atoms with Crippen molar-refractivity contribution in [2.75, 3.05) is 0 Å². The highest BCUT2D eigenvalue weighted by molar-refractivity contribution is 6.78. The third kappa shape index (κ3) is 1.07. The number of hydrogen-bond acceptors (Lipinski definition) is 5. The number of carbonyl (C=O) groups excluding carboxylic acids is 1. The Morgan fingerprint density at radius 2 is 2.11 bits per heavy atom. The third-order valence-corrected chi connectivity index (χ3v) is 3.14. The summed E-state index contributed by atoms with van der Waals surface area (Å²) in [4.78, 5) is 22.1. The van der Waals surface area contributed by atoms with Gasteiger partial charge in [0.15, 0.2) is 6.34 Å². The van der Waals surface area contributed by atoms with E-state index >= 15 is 0 Å². The minimum Gasteiger partial charge on any atom is -0.286 e. The van der Waals surface area contributed by atoms with Crippen LogP contribution in [0.3, 0.4) is 0 Å². The van der Waals surface area contributed by atoms with Crippen molar-refractivity contribution in [2.45, 2.75) is 13.2 Å². The van der Waals surface area contributed by atoms with E-state index in [2.05, 4.69) is 20.2 Å². The first kappa shape index (κ1) is 9.52. The van der Waals surface area contributed by atoms with Gasteiger partial charge in [-0.2, -0.15) is 9.98 Å². The fourth-order valence-corrected chi connectivity index (χ4v) is 2.28. The van der Waals surface area contributed by atoms with Gasteiger partial charge in [0, 0.05) is 21.3 Å². The van der Waals surface area contributed by atoms with Gasteiger partial charge in [-0.25, -0.2) is 0 Å². The largest absolute Gasteiger partial charge is 0.404 e. The Balaban J connectivity index is 1.99. The van der Waals surface area contributed by atoms with Crippen LogP contribution in [-0.4, -0.2) is 34.6 Å². The van der Waals surface area contributed by atoms with E-state index < -0.39 is 6.29 Å². The van der Waals surface area contributed by atoms with Gasteiger partial charge in [-0.15, -0.1) is 0 Å². The molecule has 0 N–H and O–H groups in total. The van der Waals surface area contributed by atoms with E-state index in [9.17, 15) is 4.79 Å². The molecule has 2 heterocycles. The van der Waals surface area contributed by atoms with Gasteiger partial charge in [0.2, 0.25) is 11.5 Å². The second-order valence-corrected chi connectivity index (χ2v) is 4.35. The summed E-state index contributed by atoms with van der Waals surface area (Å²) in [6, 6.07) is 5.70. The number of fused-ring (bicyclic) bond motifs is 4. The average molecular weight is 238 g/mol. The fraction of sp³-hybridized carbons (Fsp3) is 0.167. The van der Waals surface area contributed by atoms with E-state index in [1.165, 1.54) is 11.1 Å². The summed E-state index contributed by atoms with van der Waals surface area (Å²) >= 11 is 0. The Kier molecular flexibility index (Phi) is 1.61. The number of hydrogen-bond donors (Lipinski definition) is 0. The molecule has 86 valence electrons. The first-order chi connectivity index (χ1) is 8.74. The van der Waals surface area contributed by atoms with Crippen molar-refractivity contribution in [1.29, 1.82) is 0 Å². The van der Waals surface area contributed by atoms with Gasteiger partial charge >= 0.3 is 6.29 Å². The molecular formula is C12H8N5O+. The Labute approximate surface area is 102 Å². The molecule has 1 aromatic carbocycles. The Bertz CT molecular complexity index is 726. The summed E-state index contributed by atoms with van der Waals surface area (Å²) in [6.07, 6.45) is 0.949. The zero-order chi connectivity index (χ0) is 12.3. The molecule has 4 rings (SSSR count). The van der Waals surface area contributed by atoms with Crippen LogP contribution in [0, 0.1) is 6.92 Å². The van der Waals surface area contributed by atoms with Gasteiger partial charge in [0.1, 0.15) is 5.71 Å².